The van der Waals surface area contributed by atoms with Crippen LogP contribution in [0.1, 0.15) is 83.8 Å². The van der Waals surface area contributed by atoms with Gasteiger partial charge in [-0.2, -0.15) is 4.72 Å². The van der Waals surface area contributed by atoms with E-state index >= 15 is 0 Å². The first-order valence-corrected chi connectivity index (χ1v) is 22.4. The first-order chi connectivity index (χ1) is 30.0. The second kappa shape index (κ2) is 18.6. The van der Waals surface area contributed by atoms with Gasteiger partial charge in [0.1, 0.15) is 23.9 Å². The maximum atomic E-state index is 13.8. The van der Waals surface area contributed by atoms with E-state index in [4.69, 9.17) is 9.72 Å². The first kappa shape index (κ1) is 42.1. The van der Waals surface area contributed by atoms with Crippen molar-refractivity contribution < 1.29 is 27.9 Å². The number of aromatic amines is 2. The zero-order chi connectivity index (χ0) is 43.2. The van der Waals surface area contributed by atoms with Crippen LogP contribution in [0.3, 0.4) is 0 Å². The fourth-order valence-corrected chi connectivity index (χ4v) is 8.95. The number of amides is 2. The van der Waals surface area contributed by atoms with Gasteiger partial charge in [0.2, 0.25) is 15.9 Å². The Balaban J connectivity index is 0.903. The summed E-state index contributed by atoms with van der Waals surface area (Å²) in [5.41, 5.74) is 6.55. The summed E-state index contributed by atoms with van der Waals surface area (Å²) >= 11 is 0. The molecular formula is C47H48N8O6S. The maximum Gasteiger partial charge on any atom is 0.407 e. The molecule has 2 aromatic heterocycles. The monoisotopic (exact) mass is 852 g/mol. The van der Waals surface area contributed by atoms with Gasteiger partial charge in [-0.1, -0.05) is 96.8 Å². The second-order valence-corrected chi connectivity index (χ2v) is 17.3. The number of hydrogen-bond donors (Lipinski definition) is 5. The Morgan fingerprint density at radius 1 is 0.758 bits per heavy atom. The zero-order valence-electron chi connectivity index (χ0n) is 34.4. The van der Waals surface area contributed by atoms with Crippen LogP contribution in [0.15, 0.2) is 122 Å². The van der Waals surface area contributed by atoms with Gasteiger partial charge in [-0.15, -0.1) is 0 Å². The molecule has 0 bridgehead atoms. The number of benzene rings is 4. The lowest BCUT2D eigenvalue weighted by molar-refractivity contribution is -0.134. The number of carbonyl (C=O) groups is 2. The summed E-state index contributed by atoms with van der Waals surface area (Å²) in [5.74, 6) is 7.58. The van der Waals surface area contributed by atoms with Gasteiger partial charge in [0.15, 0.2) is 0 Å². The molecule has 2 aliphatic rings. The van der Waals surface area contributed by atoms with Gasteiger partial charge in [0.25, 0.3) is 0 Å². The van der Waals surface area contributed by atoms with Gasteiger partial charge >= 0.3 is 6.09 Å². The maximum absolute atomic E-state index is 13.8. The van der Waals surface area contributed by atoms with Crippen LogP contribution < -0.4 is 10.0 Å². The molecule has 2 saturated heterocycles. The number of ether oxygens (including phenoxy) is 1. The van der Waals surface area contributed by atoms with Crippen molar-refractivity contribution in [1.82, 2.24) is 39.8 Å². The van der Waals surface area contributed by atoms with Gasteiger partial charge in [0, 0.05) is 24.2 Å². The van der Waals surface area contributed by atoms with Crippen molar-refractivity contribution in [1.29, 1.82) is 0 Å². The Kier molecular flexibility index (Phi) is 12.6. The molecular weight excluding hydrogens is 805 g/mol. The van der Waals surface area contributed by atoms with E-state index in [0.717, 1.165) is 70.5 Å². The molecule has 15 heteroatoms. The highest BCUT2D eigenvalue weighted by atomic mass is 32.2. The predicted octanol–water partition coefficient (Wildman–Crippen LogP) is 6.37. The molecule has 0 radical (unpaired) electrons. The summed E-state index contributed by atoms with van der Waals surface area (Å²) in [6, 6.07) is 31.8. The number of hydrogen-bond acceptors (Lipinski definition) is 9. The van der Waals surface area contributed by atoms with Gasteiger partial charge in [-0.25, -0.2) is 23.2 Å². The van der Waals surface area contributed by atoms with Crippen LogP contribution in [0.25, 0.3) is 22.5 Å². The standard InChI is InChI=1S/C47H48N8O6S/c1-61-47(58)52-41(35-11-5-3-6-12-35)45(56)54-27-9-15-39(54)43-48-29-37(50-43)33-23-19-31(20-24-33)17-18-32-21-25-34(26-22-32)38-30-49-44(51-38)40-16-10-28-55(40)46(57)42(53-62(2,59)60)36-13-7-4-8-14-36/h3-8,11-14,19-26,29-30,39-42,45,53,56H,9-10,15-16,27-28H2,1-2H3,(H,48,50)(H,49,51)(H,52,58). The van der Waals surface area contributed by atoms with E-state index < -0.39 is 34.4 Å². The predicted molar refractivity (Wildman–Crippen MR) is 234 cm³/mol. The highest BCUT2D eigenvalue weighted by Crippen LogP contribution is 2.37. The largest absolute Gasteiger partial charge is 0.453 e. The smallest absolute Gasteiger partial charge is 0.407 e. The normalized spacial score (nSPS) is 18.1. The second-order valence-electron chi connectivity index (χ2n) is 15.5. The Hall–Kier alpha value is -6.57. The summed E-state index contributed by atoms with van der Waals surface area (Å²) in [6.45, 7) is 1.14. The minimum atomic E-state index is -3.66. The average Bonchev–Trinajstić information content (AvgIpc) is 4.14. The molecule has 62 heavy (non-hydrogen) atoms. The first-order valence-electron chi connectivity index (χ1n) is 20.5. The molecule has 4 heterocycles. The Morgan fingerprint density at radius 2 is 1.27 bits per heavy atom. The van der Waals surface area contributed by atoms with E-state index in [1.807, 2.05) is 89.8 Å². The lowest BCUT2D eigenvalue weighted by Gasteiger charge is -2.34. The number of imidazole rings is 2. The van der Waals surface area contributed by atoms with Crippen molar-refractivity contribution in [2.24, 2.45) is 0 Å². The van der Waals surface area contributed by atoms with E-state index in [0.29, 0.717) is 30.9 Å². The fourth-order valence-electron chi connectivity index (χ4n) is 8.28. The summed E-state index contributed by atoms with van der Waals surface area (Å²) in [7, 11) is -2.36. The number of methoxy groups -OCH3 is 1. The lowest BCUT2D eigenvalue weighted by Crippen LogP contribution is -2.46. The fraction of sp³-hybridized carbons (Fsp3) is 0.277. The molecule has 318 valence electrons. The SMILES string of the molecule is COC(=O)NC(c1ccccc1)C(O)N1CCCC1c1ncc(-c2ccc(C#Cc3ccc(-c4cnc(C5CCCN5C(=O)C(NS(C)(=O)=O)c5ccccc5)[nH]4)cc3)cc2)[nH]1. The molecule has 2 aliphatic heterocycles. The molecule has 2 fully saturated rings. The summed E-state index contributed by atoms with van der Waals surface area (Å²) < 4.78 is 31.9. The molecule has 14 nitrogen and oxygen atoms in total. The van der Waals surface area contributed by atoms with E-state index in [1.165, 1.54) is 7.11 Å². The number of nitrogens with one attached hydrogen (secondary N) is 4. The van der Waals surface area contributed by atoms with E-state index in [-0.39, 0.29) is 18.0 Å². The van der Waals surface area contributed by atoms with Crippen LogP contribution in [0.2, 0.25) is 0 Å². The minimum Gasteiger partial charge on any atom is -0.453 e. The van der Waals surface area contributed by atoms with Gasteiger partial charge < -0.3 is 30.0 Å². The van der Waals surface area contributed by atoms with Crippen molar-refractivity contribution in [3.63, 3.8) is 0 Å². The number of likely N-dealkylation sites (tertiary alicyclic amines) is 2. The number of rotatable bonds is 12. The number of carbonyl (C=O) groups excluding carboxylic acids is 2. The average molecular weight is 853 g/mol. The van der Waals surface area contributed by atoms with Crippen LogP contribution in [-0.4, -0.2) is 87.9 Å². The van der Waals surface area contributed by atoms with E-state index in [2.05, 4.69) is 36.8 Å². The highest BCUT2D eigenvalue weighted by molar-refractivity contribution is 7.88. The van der Waals surface area contributed by atoms with Crippen molar-refractivity contribution in [2.75, 3.05) is 26.5 Å². The molecule has 6 aromatic rings. The summed E-state index contributed by atoms with van der Waals surface area (Å²) in [5, 5.41) is 14.4. The molecule has 5 unspecified atom stereocenters. The third-order valence-corrected chi connectivity index (χ3v) is 12.0. The van der Waals surface area contributed by atoms with Gasteiger partial charge in [-0.3, -0.25) is 9.69 Å². The van der Waals surface area contributed by atoms with E-state index in [1.54, 1.807) is 41.6 Å². The molecule has 5 N–H and O–H groups in total. The van der Waals surface area contributed by atoms with Crippen molar-refractivity contribution in [2.45, 2.75) is 56.1 Å². The van der Waals surface area contributed by atoms with Crippen molar-refractivity contribution in [3.05, 3.63) is 155 Å². The highest BCUT2D eigenvalue weighted by Gasteiger charge is 2.39. The third kappa shape index (κ3) is 9.64. The number of aliphatic hydroxyl groups excluding tert-OH is 1. The van der Waals surface area contributed by atoms with Crippen LogP contribution in [0, 0.1) is 11.8 Å². The molecule has 0 aliphatic carbocycles. The Morgan fingerprint density at radius 3 is 1.82 bits per heavy atom. The molecule has 8 rings (SSSR count). The van der Waals surface area contributed by atoms with Gasteiger partial charge in [0.05, 0.1) is 55.3 Å². The topological polar surface area (TPSA) is 186 Å². The number of sulfonamides is 1. The van der Waals surface area contributed by atoms with Gasteiger partial charge in [-0.05, 0) is 72.2 Å². The Bertz CT molecular complexity index is 2660. The quantitative estimate of drug-likeness (QED) is 0.0873. The summed E-state index contributed by atoms with van der Waals surface area (Å²) in [6.07, 6.45) is 6.13. The number of alkyl carbamates (subject to hydrolysis) is 1. The van der Waals surface area contributed by atoms with Crippen molar-refractivity contribution >= 4 is 22.0 Å². The molecule has 2 amide bonds. The number of nitrogens with zero attached hydrogens (tertiary/aromatic N) is 4. The van der Waals surface area contributed by atoms with Crippen LogP contribution in [0.5, 0.6) is 0 Å². The van der Waals surface area contributed by atoms with Crippen LogP contribution in [0.4, 0.5) is 4.79 Å². The number of aromatic nitrogens is 4. The third-order valence-electron chi connectivity index (χ3n) is 11.4. The lowest BCUT2D eigenvalue weighted by atomic mass is 10.0. The molecule has 0 spiro atoms. The number of H-pyrrole nitrogens is 2. The zero-order valence-corrected chi connectivity index (χ0v) is 35.2. The molecule has 4 aromatic carbocycles. The van der Waals surface area contributed by atoms with Crippen molar-refractivity contribution in [3.8, 4) is 34.4 Å². The van der Waals surface area contributed by atoms with E-state index in [9.17, 15) is 23.1 Å². The Labute approximate surface area is 360 Å². The molecule has 0 saturated carbocycles. The number of aliphatic hydroxyl groups is 1. The van der Waals surface area contributed by atoms with Crippen LogP contribution >= 0.6 is 0 Å². The summed E-state index contributed by atoms with van der Waals surface area (Å²) in [4.78, 5) is 46.0. The molecule has 5 atom stereocenters. The minimum absolute atomic E-state index is 0.170. The van der Waals surface area contributed by atoms with Crippen LogP contribution in [-0.2, 0) is 19.6 Å².